The van der Waals surface area contributed by atoms with Crippen LogP contribution in [0.25, 0.3) is 10.9 Å². The molecule has 0 saturated heterocycles. The molecule has 0 aliphatic carbocycles. The first-order valence-electron chi connectivity index (χ1n) is 7.79. The van der Waals surface area contributed by atoms with E-state index >= 15 is 0 Å². The normalized spacial score (nSPS) is 11.0. The Labute approximate surface area is 145 Å². The van der Waals surface area contributed by atoms with Crippen molar-refractivity contribution in [2.24, 2.45) is 0 Å². The molecule has 6 heteroatoms. The van der Waals surface area contributed by atoms with Gasteiger partial charge >= 0.3 is 0 Å². The fraction of sp³-hybridized carbons (Fsp3) is 0.278. The number of carbonyl (C=O) groups excluding carboxylic acids is 1. The van der Waals surface area contributed by atoms with Crippen molar-refractivity contribution in [3.05, 3.63) is 58.3 Å². The number of imidazole rings is 1. The lowest BCUT2D eigenvalue weighted by Gasteiger charge is -2.10. The largest absolute Gasteiger partial charge is 0.350 e. The molecule has 5 nitrogen and oxygen atoms in total. The molecule has 0 atom stereocenters. The molecular formula is C18H19ClN4O. The number of amides is 1. The molecule has 0 saturated carbocycles. The highest BCUT2D eigenvalue weighted by atomic mass is 35.5. The first-order chi connectivity index (χ1) is 11.5. The van der Waals surface area contributed by atoms with Crippen LogP contribution in [0.2, 0.25) is 5.02 Å². The van der Waals surface area contributed by atoms with Crippen molar-refractivity contribution >= 4 is 28.4 Å². The van der Waals surface area contributed by atoms with Gasteiger partial charge in [-0.2, -0.15) is 0 Å². The predicted molar refractivity (Wildman–Crippen MR) is 95.5 cm³/mol. The summed E-state index contributed by atoms with van der Waals surface area (Å²) in [5, 5.41) is 4.32. The van der Waals surface area contributed by atoms with E-state index in [2.05, 4.69) is 15.3 Å². The molecule has 0 radical (unpaired) electrons. The maximum atomic E-state index is 12.6. The van der Waals surface area contributed by atoms with Crippen LogP contribution in [0.4, 0.5) is 0 Å². The van der Waals surface area contributed by atoms with E-state index in [9.17, 15) is 4.79 Å². The highest BCUT2D eigenvalue weighted by molar-refractivity contribution is 6.31. The number of nitrogens with zero attached hydrogens (tertiary/aromatic N) is 3. The molecule has 3 aromatic rings. The second-order valence-electron chi connectivity index (χ2n) is 5.84. The Morgan fingerprint density at radius 2 is 2.04 bits per heavy atom. The van der Waals surface area contributed by atoms with Crippen LogP contribution < -0.4 is 5.32 Å². The van der Waals surface area contributed by atoms with Gasteiger partial charge in [0.1, 0.15) is 0 Å². The molecule has 0 bridgehead atoms. The molecule has 2 aromatic heterocycles. The Kier molecular flexibility index (Phi) is 4.53. The van der Waals surface area contributed by atoms with Gasteiger partial charge in [-0.25, -0.2) is 4.98 Å². The minimum Gasteiger partial charge on any atom is -0.350 e. The van der Waals surface area contributed by atoms with Gasteiger partial charge in [0.05, 0.1) is 23.1 Å². The van der Waals surface area contributed by atoms with Crippen LogP contribution in [0.1, 0.15) is 27.4 Å². The second kappa shape index (κ2) is 6.61. The van der Waals surface area contributed by atoms with Gasteiger partial charge in [0, 0.05) is 34.9 Å². The Hall–Kier alpha value is -2.40. The van der Waals surface area contributed by atoms with Crippen LogP contribution in [-0.4, -0.2) is 27.0 Å². The molecule has 1 aromatic carbocycles. The molecule has 0 unspecified atom stereocenters. The van der Waals surface area contributed by atoms with E-state index in [1.165, 1.54) is 0 Å². The number of carbonyl (C=O) groups is 1. The number of halogens is 1. The molecule has 2 heterocycles. The Morgan fingerprint density at radius 1 is 1.25 bits per heavy atom. The zero-order valence-corrected chi connectivity index (χ0v) is 14.7. The number of hydrogen-bond acceptors (Lipinski definition) is 3. The predicted octanol–water partition coefficient (Wildman–Crippen LogP) is 3.44. The third kappa shape index (κ3) is 3.26. The van der Waals surface area contributed by atoms with Crippen molar-refractivity contribution in [2.75, 3.05) is 6.54 Å². The third-order valence-electron chi connectivity index (χ3n) is 4.13. The van der Waals surface area contributed by atoms with Gasteiger partial charge in [0.15, 0.2) is 0 Å². The van der Waals surface area contributed by atoms with Crippen LogP contribution in [-0.2, 0) is 6.54 Å². The first-order valence-corrected chi connectivity index (χ1v) is 8.17. The maximum absolute atomic E-state index is 12.6. The lowest BCUT2D eigenvalue weighted by Crippen LogP contribution is -2.27. The SMILES string of the molecule is Cc1cc(C(=O)NCCn2cnc(C)c2C)c2cc(Cl)ccc2n1. The molecule has 3 rings (SSSR count). The quantitative estimate of drug-likeness (QED) is 0.790. The fourth-order valence-electron chi connectivity index (χ4n) is 2.67. The number of aromatic nitrogens is 3. The molecule has 0 aliphatic heterocycles. The van der Waals surface area contributed by atoms with Gasteiger partial charge in [0.2, 0.25) is 0 Å². The summed E-state index contributed by atoms with van der Waals surface area (Å²) in [6.45, 7) is 7.08. The summed E-state index contributed by atoms with van der Waals surface area (Å²) in [6.07, 6.45) is 1.79. The van der Waals surface area contributed by atoms with Crippen molar-refractivity contribution in [3.63, 3.8) is 0 Å². The van der Waals surface area contributed by atoms with Crippen LogP contribution in [0.5, 0.6) is 0 Å². The molecule has 0 spiro atoms. The summed E-state index contributed by atoms with van der Waals surface area (Å²) in [6, 6.07) is 7.18. The molecule has 0 aliphatic rings. The number of nitrogens with one attached hydrogen (secondary N) is 1. The van der Waals surface area contributed by atoms with E-state index in [1.54, 1.807) is 24.5 Å². The lowest BCUT2D eigenvalue weighted by molar-refractivity contribution is 0.0953. The highest BCUT2D eigenvalue weighted by Crippen LogP contribution is 2.22. The molecule has 24 heavy (non-hydrogen) atoms. The van der Waals surface area contributed by atoms with E-state index in [4.69, 9.17) is 11.6 Å². The van der Waals surface area contributed by atoms with Gasteiger partial charge in [-0.05, 0) is 45.0 Å². The molecule has 1 N–H and O–H groups in total. The van der Waals surface area contributed by atoms with E-state index in [-0.39, 0.29) is 5.91 Å². The Balaban J connectivity index is 1.78. The minimum atomic E-state index is -0.123. The van der Waals surface area contributed by atoms with Crippen molar-refractivity contribution < 1.29 is 4.79 Å². The zero-order chi connectivity index (χ0) is 17.3. The molecule has 0 fully saturated rings. The lowest BCUT2D eigenvalue weighted by atomic mass is 10.1. The number of hydrogen-bond donors (Lipinski definition) is 1. The average Bonchev–Trinajstić information content (AvgIpc) is 2.86. The van der Waals surface area contributed by atoms with Gasteiger partial charge in [-0.1, -0.05) is 11.6 Å². The highest BCUT2D eigenvalue weighted by Gasteiger charge is 2.12. The standard InChI is InChI=1S/C18H19ClN4O/c1-11-8-16(15-9-14(19)4-5-17(15)22-11)18(24)20-6-7-23-10-21-12(2)13(23)3/h4-5,8-10H,6-7H2,1-3H3,(H,20,24). The topological polar surface area (TPSA) is 59.8 Å². The first kappa shape index (κ1) is 16.5. The van der Waals surface area contributed by atoms with E-state index < -0.39 is 0 Å². The van der Waals surface area contributed by atoms with Gasteiger partial charge < -0.3 is 9.88 Å². The summed E-state index contributed by atoms with van der Waals surface area (Å²) in [5.74, 6) is -0.123. The monoisotopic (exact) mass is 342 g/mol. The fourth-order valence-corrected chi connectivity index (χ4v) is 2.85. The summed E-state index contributed by atoms with van der Waals surface area (Å²) in [5.41, 5.74) is 4.29. The number of fused-ring (bicyclic) bond motifs is 1. The Bertz CT molecular complexity index is 917. The number of pyridine rings is 1. The van der Waals surface area contributed by atoms with Crippen molar-refractivity contribution in [3.8, 4) is 0 Å². The number of rotatable bonds is 4. The third-order valence-corrected chi connectivity index (χ3v) is 4.36. The van der Waals surface area contributed by atoms with Gasteiger partial charge in [-0.15, -0.1) is 0 Å². The zero-order valence-electron chi connectivity index (χ0n) is 13.9. The van der Waals surface area contributed by atoms with Crippen molar-refractivity contribution in [1.82, 2.24) is 19.9 Å². The van der Waals surface area contributed by atoms with Crippen molar-refractivity contribution in [1.29, 1.82) is 0 Å². The van der Waals surface area contributed by atoms with Gasteiger partial charge in [0.25, 0.3) is 5.91 Å². The van der Waals surface area contributed by atoms with E-state index in [1.807, 2.05) is 31.4 Å². The van der Waals surface area contributed by atoms with E-state index in [0.717, 1.165) is 28.0 Å². The summed E-state index contributed by atoms with van der Waals surface area (Å²) in [7, 11) is 0. The second-order valence-corrected chi connectivity index (χ2v) is 6.27. The summed E-state index contributed by atoms with van der Waals surface area (Å²) >= 11 is 6.07. The smallest absolute Gasteiger partial charge is 0.252 e. The minimum absolute atomic E-state index is 0.123. The maximum Gasteiger partial charge on any atom is 0.252 e. The van der Waals surface area contributed by atoms with Crippen LogP contribution in [0.3, 0.4) is 0 Å². The van der Waals surface area contributed by atoms with Crippen LogP contribution in [0, 0.1) is 20.8 Å². The van der Waals surface area contributed by atoms with Crippen molar-refractivity contribution in [2.45, 2.75) is 27.3 Å². The van der Waals surface area contributed by atoms with Crippen LogP contribution >= 0.6 is 11.6 Å². The van der Waals surface area contributed by atoms with E-state index in [0.29, 0.717) is 23.7 Å². The summed E-state index contributed by atoms with van der Waals surface area (Å²) in [4.78, 5) is 21.3. The summed E-state index contributed by atoms with van der Waals surface area (Å²) < 4.78 is 2.03. The number of benzene rings is 1. The Morgan fingerprint density at radius 3 is 2.75 bits per heavy atom. The van der Waals surface area contributed by atoms with Gasteiger partial charge in [-0.3, -0.25) is 9.78 Å². The van der Waals surface area contributed by atoms with Crippen LogP contribution in [0.15, 0.2) is 30.6 Å². The number of aryl methyl sites for hydroxylation is 2. The molecule has 1 amide bonds. The molecular weight excluding hydrogens is 324 g/mol. The molecule has 124 valence electrons. The average molecular weight is 343 g/mol.